The van der Waals surface area contributed by atoms with Crippen molar-refractivity contribution in [1.29, 1.82) is 0 Å². The molecule has 0 heterocycles. The highest BCUT2D eigenvalue weighted by atomic mass is 32.2. The van der Waals surface area contributed by atoms with Crippen molar-refractivity contribution in [2.75, 3.05) is 13.4 Å². The number of methoxy groups -OCH3 is 1. The predicted molar refractivity (Wildman–Crippen MR) is 34.4 cm³/mol. The van der Waals surface area contributed by atoms with E-state index in [0.29, 0.717) is 5.25 Å². The largest absolute Gasteiger partial charge is 0.468 e. The van der Waals surface area contributed by atoms with E-state index in [0.717, 1.165) is 0 Å². The lowest BCUT2D eigenvalue weighted by molar-refractivity contribution is -0.136. The van der Waals surface area contributed by atoms with E-state index in [1.807, 2.05) is 6.26 Å². The minimum Gasteiger partial charge on any atom is -0.468 e. The first-order valence-electron chi connectivity index (χ1n) is 2.18. The van der Waals surface area contributed by atoms with E-state index < -0.39 is 0 Å². The Morgan fingerprint density at radius 3 is 2.25 bits per heavy atom. The van der Waals surface area contributed by atoms with Gasteiger partial charge in [0.2, 0.25) is 0 Å². The first-order chi connectivity index (χ1) is 3.72. The van der Waals surface area contributed by atoms with Crippen molar-refractivity contribution in [3.05, 3.63) is 5.25 Å². The van der Waals surface area contributed by atoms with Crippen LogP contribution >= 0.6 is 11.8 Å². The molecule has 0 saturated heterocycles. The van der Waals surface area contributed by atoms with Gasteiger partial charge in [-0.25, -0.2) is 0 Å². The lowest BCUT2D eigenvalue weighted by Gasteiger charge is -2.01. The van der Waals surface area contributed by atoms with Gasteiger partial charge in [0, 0.05) is 0 Å². The van der Waals surface area contributed by atoms with E-state index in [2.05, 4.69) is 4.74 Å². The molecule has 0 rings (SSSR count). The number of carbonyl (C=O) groups excluding carboxylic acids is 1. The molecular weight excluding hydrogens is 124 g/mol. The highest BCUT2D eigenvalue weighted by molar-refractivity contribution is 8.02. The zero-order chi connectivity index (χ0) is 6.57. The zero-order valence-electron chi connectivity index (χ0n) is 5.22. The van der Waals surface area contributed by atoms with Crippen LogP contribution in [0.3, 0.4) is 0 Å². The van der Waals surface area contributed by atoms with Crippen LogP contribution in [0.2, 0.25) is 0 Å². The monoisotopic (exact) mass is 133 g/mol. The molecule has 1 radical (unpaired) electrons. The molecule has 47 valence electrons. The number of hydrogen-bond acceptors (Lipinski definition) is 3. The summed E-state index contributed by atoms with van der Waals surface area (Å²) < 4.78 is 4.41. The second-order valence-electron chi connectivity index (χ2n) is 1.25. The third-order valence-corrected chi connectivity index (χ3v) is 1.56. The van der Waals surface area contributed by atoms with E-state index in [1.54, 1.807) is 6.92 Å². The van der Waals surface area contributed by atoms with Gasteiger partial charge in [-0.15, -0.1) is 11.8 Å². The lowest BCUT2D eigenvalue weighted by Crippen LogP contribution is -2.05. The zero-order valence-corrected chi connectivity index (χ0v) is 6.04. The molecule has 0 N–H and O–H groups in total. The Morgan fingerprint density at radius 1 is 1.62 bits per heavy atom. The van der Waals surface area contributed by atoms with Gasteiger partial charge in [-0.3, -0.25) is 4.79 Å². The summed E-state index contributed by atoms with van der Waals surface area (Å²) in [6.45, 7) is 1.73. The second kappa shape index (κ2) is 3.78. The Kier molecular flexibility index (Phi) is 3.69. The fourth-order valence-corrected chi connectivity index (χ4v) is 0.477. The molecule has 0 aliphatic heterocycles. The minimum atomic E-state index is -0.238. The standard InChI is InChI=1S/C5H9O2S/c1-4(8-3)5(6)7-2/h1-3H3. The first kappa shape index (κ1) is 7.82. The number of ether oxygens (including phenoxy) is 1. The average Bonchev–Trinajstić information content (AvgIpc) is 1.84. The van der Waals surface area contributed by atoms with Crippen molar-refractivity contribution >= 4 is 17.7 Å². The summed E-state index contributed by atoms with van der Waals surface area (Å²) in [5.74, 6) is -0.238. The molecule has 0 unspecified atom stereocenters. The Labute approximate surface area is 53.6 Å². The van der Waals surface area contributed by atoms with Gasteiger partial charge in [-0.2, -0.15) is 0 Å². The van der Waals surface area contributed by atoms with E-state index in [1.165, 1.54) is 18.9 Å². The van der Waals surface area contributed by atoms with Crippen LogP contribution in [0, 0.1) is 5.25 Å². The third kappa shape index (κ3) is 2.21. The maximum atomic E-state index is 10.5. The van der Waals surface area contributed by atoms with Crippen molar-refractivity contribution in [2.45, 2.75) is 6.92 Å². The third-order valence-electron chi connectivity index (χ3n) is 0.779. The Balaban J connectivity index is 3.46. The van der Waals surface area contributed by atoms with Crippen molar-refractivity contribution < 1.29 is 9.53 Å². The number of thioether (sulfide) groups is 1. The summed E-state index contributed by atoms with van der Waals surface area (Å²) in [5.41, 5.74) is 0. The van der Waals surface area contributed by atoms with Gasteiger partial charge in [0.15, 0.2) is 0 Å². The van der Waals surface area contributed by atoms with Gasteiger partial charge in [0.1, 0.15) is 5.25 Å². The van der Waals surface area contributed by atoms with Crippen molar-refractivity contribution in [3.8, 4) is 0 Å². The molecule has 3 heteroatoms. The van der Waals surface area contributed by atoms with Gasteiger partial charge >= 0.3 is 5.97 Å². The summed E-state index contributed by atoms with van der Waals surface area (Å²) >= 11 is 1.40. The fraction of sp³-hybridized carbons (Fsp3) is 0.600. The molecular formula is C5H9O2S. The summed E-state index contributed by atoms with van der Waals surface area (Å²) in [7, 11) is 1.38. The molecule has 0 amide bonds. The van der Waals surface area contributed by atoms with Gasteiger partial charge in [-0.1, -0.05) is 0 Å². The van der Waals surface area contributed by atoms with Gasteiger partial charge in [0.25, 0.3) is 0 Å². The molecule has 0 fully saturated rings. The van der Waals surface area contributed by atoms with Crippen LogP contribution < -0.4 is 0 Å². The highest BCUT2D eigenvalue weighted by Crippen LogP contribution is 2.14. The average molecular weight is 133 g/mol. The molecule has 0 aromatic heterocycles. The Hall–Kier alpha value is -0.180. The molecule has 0 aromatic rings. The van der Waals surface area contributed by atoms with Crippen molar-refractivity contribution in [2.24, 2.45) is 0 Å². The number of rotatable bonds is 2. The first-order valence-corrected chi connectivity index (χ1v) is 3.40. The van der Waals surface area contributed by atoms with Gasteiger partial charge < -0.3 is 4.74 Å². The number of hydrogen-bond donors (Lipinski definition) is 0. The summed E-state index contributed by atoms with van der Waals surface area (Å²) in [4.78, 5) is 10.5. The molecule has 0 spiro atoms. The van der Waals surface area contributed by atoms with Gasteiger partial charge in [-0.05, 0) is 13.2 Å². The van der Waals surface area contributed by atoms with E-state index in [9.17, 15) is 4.79 Å². The van der Waals surface area contributed by atoms with E-state index >= 15 is 0 Å². The van der Waals surface area contributed by atoms with Crippen LogP contribution in [0.15, 0.2) is 0 Å². The second-order valence-corrected chi connectivity index (χ2v) is 2.27. The SMILES string of the molecule is COC(=O)[C](C)SC. The van der Waals surface area contributed by atoms with Crippen LogP contribution in [0.4, 0.5) is 0 Å². The Morgan fingerprint density at radius 2 is 2.12 bits per heavy atom. The lowest BCUT2D eigenvalue weighted by atomic mass is 10.5. The molecule has 8 heavy (non-hydrogen) atoms. The fourth-order valence-electron chi connectivity index (χ4n) is 0.227. The maximum absolute atomic E-state index is 10.5. The maximum Gasteiger partial charge on any atom is 0.323 e. The number of esters is 1. The van der Waals surface area contributed by atoms with Crippen LogP contribution in [-0.2, 0) is 9.53 Å². The van der Waals surface area contributed by atoms with E-state index in [4.69, 9.17) is 0 Å². The number of carbonyl (C=O) groups is 1. The molecule has 0 aliphatic carbocycles. The van der Waals surface area contributed by atoms with Crippen LogP contribution in [0.25, 0.3) is 0 Å². The molecule has 2 nitrogen and oxygen atoms in total. The van der Waals surface area contributed by atoms with Crippen LogP contribution in [0.1, 0.15) is 6.92 Å². The summed E-state index contributed by atoms with van der Waals surface area (Å²) in [6.07, 6.45) is 1.84. The minimum absolute atomic E-state index is 0.238. The normalized spacial score (nSPS) is 9.50. The molecule has 0 aromatic carbocycles. The highest BCUT2D eigenvalue weighted by Gasteiger charge is 2.10. The van der Waals surface area contributed by atoms with Crippen molar-refractivity contribution in [1.82, 2.24) is 0 Å². The quantitative estimate of drug-likeness (QED) is 0.527. The van der Waals surface area contributed by atoms with Crippen LogP contribution in [-0.4, -0.2) is 19.3 Å². The van der Waals surface area contributed by atoms with Crippen LogP contribution in [0.5, 0.6) is 0 Å². The smallest absolute Gasteiger partial charge is 0.323 e. The predicted octanol–water partition coefficient (Wildman–Crippen LogP) is 1.07. The Bertz CT molecular complexity index is 82.5. The van der Waals surface area contributed by atoms with Crippen molar-refractivity contribution in [3.63, 3.8) is 0 Å². The van der Waals surface area contributed by atoms with E-state index in [-0.39, 0.29) is 5.97 Å². The molecule has 0 aliphatic rings. The molecule has 0 saturated carbocycles. The van der Waals surface area contributed by atoms with Gasteiger partial charge in [0.05, 0.1) is 7.11 Å². The summed E-state index contributed by atoms with van der Waals surface area (Å²) in [5, 5.41) is 0.688. The molecule has 0 atom stereocenters. The molecule has 0 bridgehead atoms. The topological polar surface area (TPSA) is 26.3 Å². The summed E-state index contributed by atoms with van der Waals surface area (Å²) in [6, 6.07) is 0.